The molecule has 0 radical (unpaired) electrons. The van der Waals surface area contributed by atoms with Gasteiger partial charge < -0.3 is 9.97 Å². The number of rotatable bonds is 0. The van der Waals surface area contributed by atoms with E-state index in [0.717, 1.165) is 10.8 Å². The van der Waals surface area contributed by atoms with Crippen molar-refractivity contribution >= 4 is 21.8 Å². The Bertz CT molecular complexity index is 665. The molecule has 3 aromatic heterocycles. The molecule has 4 heteroatoms. The van der Waals surface area contributed by atoms with E-state index >= 15 is 0 Å². The Morgan fingerprint density at radius 3 is 2.93 bits per heavy atom. The first kappa shape index (κ1) is 7.32. The van der Waals surface area contributed by atoms with E-state index in [1.807, 2.05) is 18.3 Å². The average molecular weight is 185 g/mol. The molecule has 0 unspecified atom stereocenters. The Morgan fingerprint density at radius 1 is 1.14 bits per heavy atom. The van der Waals surface area contributed by atoms with Crippen molar-refractivity contribution in [1.29, 1.82) is 0 Å². The normalized spacial score (nSPS) is 11.1. The number of hydrogen-bond donors (Lipinski definition) is 2. The molecule has 0 saturated carbocycles. The molecule has 0 spiro atoms. The van der Waals surface area contributed by atoms with E-state index in [9.17, 15) is 4.79 Å². The maximum atomic E-state index is 11.5. The molecule has 3 heterocycles. The molecule has 0 amide bonds. The zero-order valence-corrected chi connectivity index (χ0v) is 7.24. The van der Waals surface area contributed by atoms with Crippen LogP contribution in [0.25, 0.3) is 21.8 Å². The minimum Gasteiger partial charge on any atom is -0.366 e. The van der Waals surface area contributed by atoms with Crippen LogP contribution in [0, 0.1) is 0 Å². The van der Waals surface area contributed by atoms with Gasteiger partial charge in [0, 0.05) is 29.4 Å². The summed E-state index contributed by atoms with van der Waals surface area (Å²) in [4.78, 5) is 21.3. The van der Waals surface area contributed by atoms with Crippen molar-refractivity contribution in [3.8, 4) is 0 Å². The van der Waals surface area contributed by atoms with E-state index in [0.29, 0.717) is 11.0 Å². The summed E-state index contributed by atoms with van der Waals surface area (Å²) in [5, 5.41) is 2.55. The lowest BCUT2D eigenvalue weighted by molar-refractivity contribution is 1.26. The van der Waals surface area contributed by atoms with E-state index in [1.54, 1.807) is 12.4 Å². The van der Waals surface area contributed by atoms with Gasteiger partial charge in [0.15, 0.2) is 0 Å². The number of aromatic nitrogens is 3. The fourth-order valence-corrected chi connectivity index (χ4v) is 1.67. The number of fused-ring (bicyclic) bond motifs is 3. The van der Waals surface area contributed by atoms with Crippen LogP contribution in [0.2, 0.25) is 0 Å². The molecule has 68 valence electrons. The van der Waals surface area contributed by atoms with Gasteiger partial charge in [-0.15, -0.1) is 0 Å². The third kappa shape index (κ3) is 0.821. The Balaban J connectivity index is 2.73. The van der Waals surface area contributed by atoms with Gasteiger partial charge >= 0.3 is 0 Å². The second kappa shape index (κ2) is 2.45. The number of nitrogens with one attached hydrogen (secondary N) is 2. The topological polar surface area (TPSA) is 61.5 Å². The van der Waals surface area contributed by atoms with Crippen LogP contribution in [0.5, 0.6) is 0 Å². The van der Waals surface area contributed by atoms with Gasteiger partial charge in [0.25, 0.3) is 5.56 Å². The second-order valence-electron chi connectivity index (χ2n) is 3.14. The van der Waals surface area contributed by atoms with Crippen LogP contribution < -0.4 is 5.56 Å². The Hall–Kier alpha value is -2.10. The molecule has 0 aliphatic heterocycles. The molecular formula is C10H7N3O. The van der Waals surface area contributed by atoms with Crippen molar-refractivity contribution in [2.75, 3.05) is 0 Å². The largest absolute Gasteiger partial charge is 0.366 e. The molecule has 0 aliphatic carbocycles. The summed E-state index contributed by atoms with van der Waals surface area (Å²) in [6, 6.07) is 3.79. The maximum absolute atomic E-state index is 11.5. The average Bonchev–Trinajstić information content (AvgIpc) is 2.67. The molecule has 0 aromatic carbocycles. The lowest BCUT2D eigenvalue weighted by atomic mass is 10.2. The molecule has 0 atom stereocenters. The smallest absolute Gasteiger partial charge is 0.259 e. The monoisotopic (exact) mass is 185 g/mol. The first-order valence-electron chi connectivity index (χ1n) is 4.30. The zero-order valence-electron chi connectivity index (χ0n) is 7.24. The van der Waals surface area contributed by atoms with Gasteiger partial charge in [-0.3, -0.25) is 4.79 Å². The highest BCUT2D eigenvalue weighted by Gasteiger charge is 2.04. The van der Waals surface area contributed by atoms with Crippen LogP contribution in [-0.4, -0.2) is 15.0 Å². The molecule has 2 N–H and O–H groups in total. The SMILES string of the molecule is O=c1[nH]c2ncccc2c2c[nH]cc12. The minimum atomic E-state index is -0.104. The molecule has 14 heavy (non-hydrogen) atoms. The first-order chi connectivity index (χ1) is 6.86. The van der Waals surface area contributed by atoms with Crippen molar-refractivity contribution in [3.05, 3.63) is 41.1 Å². The summed E-state index contributed by atoms with van der Waals surface area (Å²) in [6.07, 6.45) is 5.17. The van der Waals surface area contributed by atoms with Crippen LogP contribution in [0.15, 0.2) is 35.5 Å². The van der Waals surface area contributed by atoms with Gasteiger partial charge in [0.1, 0.15) is 5.65 Å². The van der Waals surface area contributed by atoms with Gasteiger partial charge in [0.2, 0.25) is 0 Å². The van der Waals surface area contributed by atoms with Gasteiger partial charge in [0.05, 0.1) is 5.39 Å². The van der Waals surface area contributed by atoms with Crippen molar-refractivity contribution in [1.82, 2.24) is 15.0 Å². The molecule has 0 bridgehead atoms. The molecular weight excluding hydrogens is 178 g/mol. The third-order valence-corrected chi connectivity index (χ3v) is 2.32. The molecule has 0 aliphatic rings. The van der Waals surface area contributed by atoms with Crippen LogP contribution >= 0.6 is 0 Å². The van der Waals surface area contributed by atoms with Crippen molar-refractivity contribution in [2.45, 2.75) is 0 Å². The van der Waals surface area contributed by atoms with Gasteiger partial charge in [-0.05, 0) is 12.1 Å². The standard InChI is InChI=1S/C10H7N3O/c14-10-8-5-11-4-7(8)6-2-1-3-12-9(6)13-10/h1-5,11H,(H,12,13,14). The fraction of sp³-hybridized carbons (Fsp3) is 0. The molecule has 0 fully saturated rings. The van der Waals surface area contributed by atoms with E-state index in [1.165, 1.54) is 0 Å². The highest BCUT2D eigenvalue weighted by Crippen LogP contribution is 2.18. The van der Waals surface area contributed by atoms with Crippen molar-refractivity contribution in [2.24, 2.45) is 0 Å². The molecule has 3 aromatic rings. The summed E-state index contributed by atoms with van der Waals surface area (Å²) in [5.41, 5.74) is 0.525. The Kier molecular flexibility index (Phi) is 1.28. The van der Waals surface area contributed by atoms with Gasteiger partial charge in [-0.2, -0.15) is 0 Å². The first-order valence-corrected chi connectivity index (χ1v) is 4.30. The number of nitrogens with zero attached hydrogens (tertiary/aromatic N) is 1. The summed E-state index contributed by atoms with van der Waals surface area (Å²) in [7, 11) is 0. The number of H-pyrrole nitrogens is 2. The van der Waals surface area contributed by atoms with Crippen LogP contribution in [0.4, 0.5) is 0 Å². The third-order valence-electron chi connectivity index (χ3n) is 2.32. The summed E-state index contributed by atoms with van der Waals surface area (Å²) < 4.78 is 0. The van der Waals surface area contributed by atoms with E-state index in [2.05, 4.69) is 15.0 Å². The summed E-state index contributed by atoms with van der Waals surface area (Å²) >= 11 is 0. The lowest BCUT2D eigenvalue weighted by Gasteiger charge is -1.96. The second-order valence-corrected chi connectivity index (χ2v) is 3.14. The van der Waals surface area contributed by atoms with Crippen LogP contribution in [-0.2, 0) is 0 Å². The van der Waals surface area contributed by atoms with Crippen LogP contribution in [0.3, 0.4) is 0 Å². The van der Waals surface area contributed by atoms with E-state index in [-0.39, 0.29) is 5.56 Å². The summed E-state index contributed by atoms with van der Waals surface area (Å²) in [6.45, 7) is 0. The van der Waals surface area contributed by atoms with Gasteiger partial charge in [-0.1, -0.05) is 0 Å². The quantitative estimate of drug-likeness (QED) is 0.556. The minimum absolute atomic E-state index is 0.104. The van der Waals surface area contributed by atoms with Crippen molar-refractivity contribution in [3.63, 3.8) is 0 Å². The fourth-order valence-electron chi connectivity index (χ4n) is 1.67. The Labute approximate surface area is 78.6 Å². The van der Waals surface area contributed by atoms with Crippen molar-refractivity contribution < 1.29 is 0 Å². The Morgan fingerprint density at radius 2 is 2.00 bits per heavy atom. The number of aromatic amines is 2. The van der Waals surface area contributed by atoms with Crippen LogP contribution in [0.1, 0.15) is 0 Å². The highest BCUT2D eigenvalue weighted by atomic mass is 16.1. The molecule has 4 nitrogen and oxygen atoms in total. The van der Waals surface area contributed by atoms with E-state index < -0.39 is 0 Å². The number of pyridine rings is 2. The van der Waals surface area contributed by atoms with E-state index in [4.69, 9.17) is 0 Å². The summed E-state index contributed by atoms with van der Waals surface area (Å²) in [5.74, 6) is 0. The number of hydrogen-bond acceptors (Lipinski definition) is 2. The molecule has 3 rings (SSSR count). The highest BCUT2D eigenvalue weighted by molar-refractivity contribution is 6.03. The lowest BCUT2D eigenvalue weighted by Crippen LogP contribution is -2.05. The maximum Gasteiger partial charge on any atom is 0.259 e. The predicted octanol–water partition coefficient (Wildman–Crippen LogP) is 1.40. The predicted molar refractivity (Wildman–Crippen MR) is 54.2 cm³/mol. The zero-order chi connectivity index (χ0) is 9.54. The molecule has 0 saturated heterocycles. The van der Waals surface area contributed by atoms with Gasteiger partial charge in [-0.25, -0.2) is 4.98 Å².